The molecule has 0 aliphatic rings. The number of aromatic amines is 1. The second kappa shape index (κ2) is 8.22. The van der Waals surface area contributed by atoms with Crippen LogP contribution in [-0.4, -0.2) is 23.1 Å². The third-order valence-electron chi connectivity index (χ3n) is 5.14. The van der Waals surface area contributed by atoms with Crippen LogP contribution < -0.4 is 10.2 Å². The van der Waals surface area contributed by atoms with E-state index >= 15 is 0 Å². The average molecular weight is 460 g/mol. The van der Waals surface area contributed by atoms with Crippen molar-refractivity contribution in [2.24, 2.45) is 0 Å². The number of ether oxygens (including phenoxy) is 1. The van der Waals surface area contributed by atoms with E-state index in [-0.39, 0.29) is 16.7 Å². The van der Waals surface area contributed by atoms with Gasteiger partial charge in [-0.15, -0.1) is 0 Å². The number of nitrogens with one attached hydrogen (secondary N) is 3. The number of benzene rings is 3. The van der Waals surface area contributed by atoms with Gasteiger partial charge in [-0.1, -0.05) is 17.7 Å². The Morgan fingerprint density at radius 3 is 2.53 bits per heavy atom. The van der Waals surface area contributed by atoms with Gasteiger partial charge in [0.15, 0.2) is 0 Å². The highest BCUT2D eigenvalue weighted by atomic mass is 35.5. The molecular formula is C23H17ClF3N3O2. The van der Waals surface area contributed by atoms with Crippen molar-refractivity contribution in [1.29, 1.82) is 5.41 Å². The average Bonchev–Trinajstić information content (AvgIpc) is 3.25. The molecule has 4 aromatic rings. The smallest absolute Gasteiger partial charge is 0.416 e. The van der Waals surface area contributed by atoms with Gasteiger partial charge in [-0.3, -0.25) is 16.1 Å². The number of methoxy groups -OCH3 is 1. The van der Waals surface area contributed by atoms with Crippen molar-refractivity contribution in [2.75, 3.05) is 7.11 Å². The van der Waals surface area contributed by atoms with Crippen LogP contribution in [0.15, 0.2) is 60.8 Å². The number of hydrogen-bond donors (Lipinski definition) is 4. The molecule has 0 unspecified atom stereocenters. The molecule has 0 spiro atoms. The topological polar surface area (TPSA) is 81.1 Å². The molecule has 0 bridgehead atoms. The van der Waals surface area contributed by atoms with Gasteiger partial charge in [-0.05, 0) is 65.0 Å². The fourth-order valence-electron chi connectivity index (χ4n) is 3.68. The molecule has 0 aliphatic carbocycles. The summed E-state index contributed by atoms with van der Waals surface area (Å²) >= 11 is 6.20. The lowest BCUT2D eigenvalue weighted by atomic mass is 9.87. The summed E-state index contributed by atoms with van der Waals surface area (Å²) in [6, 6.07) is 13.6. The van der Waals surface area contributed by atoms with Gasteiger partial charge < -0.3 is 9.72 Å². The first kappa shape index (κ1) is 21.7. The molecule has 4 rings (SSSR count). The number of amidine groups is 1. The summed E-state index contributed by atoms with van der Waals surface area (Å²) in [6.07, 6.45) is -2.94. The van der Waals surface area contributed by atoms with Crippen molar-refractivity contribution >= 4 is 28.3 Å². The van der Waals surface area contributed by atoms with Gasteiger partial charge in [0.2, 0.25) is 0 Å². The molecule has 164 valence electrons. The highest BCUT2D eigenvalue weighted by Gasteiger charge is 2.33. The first-order chi connectivity index (χ1) is 15.2. The first-order valence-electron chi connectivity index (χ1n) is 9.38. The summed E-state index contributed by atoms with van der Waals surface area (Å²) < 4.78 is 46.8. The molecule has 1 heterocycles. The quantitative estimate of drug-likeness (QED) is 0.160. The van der Waals surface area contributed by atoms with Crippen LogP contribution in [0.1, 0.15) is 11.1 Å². The largest absolute Gasteiger partial charge is 0.496 e. The van der Waals surface area contributed by atoms with Crippen LogP contribution in [0, 0.1) is 5.41 Å². The molecule has 32 heavy (non-hydrogen) atoms. The van der Waals surface area contributed by atoms with Crippen LogP contribution in [0.2, 0.25) is 5.02 Å². The molecule has 9 heteroatoms. The zero-order chi connectivity index (χ0) is 23.0. The molecule has 0 amide bonds. The van der Waals surface area contributed by atoms with Gasteiger partial charge >= 0.3 is 6.18 Å². The van der Waals surface area contributed by atoms with Crippen molar-refractivity contribution < 1.29 is 23.1 Å². The zero-order valence-electron chi connectivity index (χ0n) is 16.6. The normalized spacial score (nSPS) is 11.6. The van der Waals surface area contributed by atoms with Crippen LogP contribution in [-0.2, 0) is 6.18 Å². The molecule has 0 radical (unpaired) electrons. The Labute approximate surface area is 185 Å². The predicted octanol–water partition coefficient (Wildman–Crippen LogP) is 6.49. The number of hydroxylamine groups is 1. The van der Waals surface area contributed by atoms with Gasteiger partial charge in [-0.2, -0.15) is 13.2 Å². The lowest BCUT2D eigenvalue weighted by Crippen LogP contribution is -2.21. The molecule has 4 N–H and O–H groups in total. The van der Waals surface area contributed by atoms with E-state index in [4.69, 9.17) is 21.7 Å². The van der Waals surface area contributed by atoms with Crippen molar-refractivity contribution in [1.82, 2.24) is 10.5 Å². The fourth-order valence-corrected chi connectivity index (χ4v) is 3.85. The maximum Gasteiger partial charge on any atom is 0.416 e. The van der Waals surface area contributed by atoms with Gasteiger partial charge in [-0.25, -0.2) is 0 Å². The molecule has 0 aliphatic heterocycles. The highest BCUT2D eigenvalue weighted by Crippen LogP contribution is 2.44. The summed E-state index contributed by atoms with van der Waals surface area (Å²) in [6.45, 7) is 0. The maximum atomic E-state index is 13.8. The van der Waals surface area contributed by atoms with E-state index in [1.165, 1.54) is 7.11 Å². The van der Waals surface area contributed by atoms with Crippen LogP contribution in [0.3, 0.4) is 0 Å². The van der Waals surface area contributed by atoms with Crippen LogP contribution >= 0.6 is 11.6 Å². The molecule has 5 nitrogen and oxygen atoms in total. The van der Waals surface area contributed by atoms with E-state index in [0.29, 0.717) is 21.9 Å². The maximum absolute atomic E-state index is 13.8. The van der Waals surface area contributed by atoms with E-state index in [0.717, 1.165) is 23.0 Å². The van der Waals surface area contributed by atoms with Crippen molar-refractivity contribution in [3.05, 3.63) is 76.9 Å². The summed E-state index contributed by atoms with van der Waals surface area (Å²) in [5.41, 5.74) is 2.72. The van der Waals surface area contributed by atoms with Gasteiger partial charge in [0.1, 0.15) is 11.6 Å². The molecule has 0 fully saturated rings. The Kier molecular flexibility index (Phi) is 5.58. The number of halogens is 4. The van der Waals surface area contributed by atoms with Crippen LogP contribution in [0.5, 0.6) is 5.75 Å². The third kappa shape index (κ3) is 3.90. The Balaban J connectivity index is 2.14. The van der Waals surface area contributed by atoms with Crippen LogP contribution in [0.25, 0.3) is 33.2 Å². The van der Waals surface area contributed by atoms with Gasteiger partial charge in [0.05, 0.1) is 12.7 Å². The van der Waals surface area contributed by atoms with E-state index in [9.17, 15) is 18.4 Å². The molecule has 3 aromatic carbocycles. The zero-order valence-corrected chi connectivity index (χ0v) is 17.4. The summed E-state index contributed by atoms with van der Waals surface area (Å²) in [4.78, 5) is 3.05. The van der Waals surface area contributed by atoms with Crippen molar-refractivity contribution in [3.8, 4) is 28.0 Å². The minimum Gasteiger partial charge on any atom is -0.496 e. The second-order valence-corrected chi connectivity index (χ2v) is 7.49. The number of rotatable bonds is 4. The van der Waals surface area contributed by atoms with E-state index in [2.05, 4.69) is 4.98 Å². The lowest BCUT2D eigenvalue weighted by Gasteiger charge is -2.21. The number of aromatic nitrogens is 1. The Bertz CT molecular complexity index is 1330. The fraction of sp³-hybridized carbons (Fsp3) is 0.0870. The van der Waals surface area contributed by atoms with Crippen molar-refractivity contribution in [2.45, 2.75) is 6.18 Å². The molecular weight excluding hydrogens is 443 g/mol. The van der Waals surface area contributed by atoms with Crippen molar-refractivity contribution in [3.63, 3.8) is 0 Å². The first-order valence-corrected chi connectivity index (χ1v) is 9.76. The third-order valence-corrected chi connectivity index (χ3v) is 5.38. The van der Waals surface area contributed by atoms with Gasteiger partial charge in [0.25, 0.3) is 0 Å². The number of fused-ring (bicyclic) bond motifs is 1. The molecule has 0 saturated carbocycles. The monoisotopic (exact) mass is 459 g/mol. The second-order valence-electron chi connectivity index (χ2n) is 7.06. The summed E-state index contributed by atoms with van der Waals surface area (Å²) in [5, 5.41) is 18.6. The predicted molar refractivity (Wildman–Crippen MR) is 117 cm³/mol. The Morgan fingerprint density at radius 2 is 1.84 bits per heavy atom. The SMILES string of the molecule is COc1ccc(Cl)cc1-c1c(C(=N)NO)cc(C(F)(F)F)cc1-c1ccc2[nH]ccc2c1. The molecule has 0 atom stereocenters. The van der Waals surface area contributed by atoms with Gasteiger partial charge in [0, 0.05) is 33.4 Å². The minimum absolute atomic E-state index is 0.160. The summed E-state index contributed by atoms with van der Waals surface area (Å²) in [7, 11) is 1.43. The molecule has 1 aromatic heterocycles. The lowest BCUT2D eigenvalue weighted by molar-refractivity contribution is -0.137. The Morgan fingerprint density at radius 1 is 1.06 bits per heavy atom. The number of H-pyrrole nitrogens is 1. The Hall–Kier alpha value is -3.49. The van der Waals surface area contributed by atoms with E-state index in [1.807, 2.05) is 6.07 Å². The number of alkyl halides is 3. The van der Waals surface area contributed by atoms with Crippen LogP contribution in [0.4, 0.5) is 13.2 Å². The highest BCUT2D eigenvalue weighted by molar-refractivity contribution is 6.31. The summed E-state index contributed by atoms with van der Waals surface area (Å²) in [5.74, 6) is -0.248. The molecule has 0 saturated heterocycles. The number of hydrogen-bond acceptors (Lipinski definition) is 3. The minimum atomic E-state index is -4.67. The van der Waals surface area contributed by atoms with E-state index < -0.39 is 17.6 Å². The standard InChI is InChI=1S/C23H17ClF3N3O2/c1-32-20-5-3-15(24)11-17(20)21-16(12-2-4-19-13(8-12)6-7-29-19)9-14(23(25,26)27)10-18(21)22(28)30-31/h2-11,29,31H,1H3,(H2,28,30). The van der Waals surface area contributed by atoms with E-state index in [1.54, 1.807) is 48.1 Å².